The van der Waals surface area contributed by atoms with E-state index in [0.717, 1.165) is 0 Å². The summed E-state index contributed by atoms with van der Waals surface area (Å²) in [4.78, 5) is 22.2. The Bertz CT molecular complexity index is 731. The molecule has 0 aliphatic carbocycles. The van der Waals surface area contributed by atoms with Crippen molar-refractivity contribution in [1.29, 1.82) is 0 Å². The molecule has 0 heterocycles. The minimum atomic E-state index is -0.536. The summed E-state index contributed by atoms with van der Waals surface area (Å²) in [6, 6.07) is 9.42. The zero-order valence-corrected chi connectivity index (χ0v) is 14.0. The molecule has 2 rings (SSSR count). The maximum atomic E-state index is 11.6. The molecule has 2 aromatic rings. The summed E-state index contributed by atoms with van der Waals surface area (Å²) in [5.41, 5.74) is 0.169. The molecule has 21 heavy (non-hydrogen) atoms. The Kier molecular flexibility index (Phi) is 4.74. The lowest BCUT2D eigenvalue weighted by Crippen LogP contribution is -1.99. The van der Waals surface area contributed by atoms with Crippen molar-refractivity contribution >= 4 is 43.3 Å². The summed E-state index contributed by atoms with van der Waals surface area (Å²) in [6.45, 7) is 1.41. The predicted molar refractivity (Wildman–Crippen MR) is 85.0 cm³/mol. The van der Waals surface area contributed by atoms with Crippen LogP contribution in [0.2, 0.25) is 0 Å². The average molecular weight is 415 g/mol. The Labute approximate surface area is 137 Å². The topological polar surface area (TPSA) is 69.4 Å². The van der Waals surface area contributed by atoms with Crippen LogP contribution in [0.4, 0.5) is 5.69 Å². The SMILES string of the molecule is CC(=O)c1ccc(Br)cc1Oc1c(Br)cccc1[N+](=O)[O-]. The molecule has 0 radical (unpaired) electrons. The highest BCUT2D eigenvalue weighted by Gasteiger charge is 2.20. The number of hydrogen-bond acceptors (Lipinski definition) is 4. The van der Waals surface area contributed by atoms with Gasteiger partial charge in [0.2, 0.25) is 5.75 Å². The zero-order chi connectivity index (χ0) is 15.6. The number of ether oxygens (including phenoxy) is 1. The maximum absolute atomic E-state index is 11.6. The highest BCUT2D eigenvalue weighted by Crippen LogP contribution is 2.39. The Morgan fingerprint density at radius 1 is 1.24 bits per heavy atom. The van der Waals surface area contributed by atoms with Crippen molar-refractivity contribution in [3.63, 3.8) is 0 Å². The number of halogens is 2. The van der Waals surface area contributed by atoms with Crippen LogP contribution in [-0.2, 0) is 0 Å². The van der Waals surface area contributed by atoms with Crippen LogP contribution < -0.4 is 4.74 Å². The van der Waals surface area contributed by atoms with Crippen LogP contribution in [0.25, 0.3) is 0 Å². The highest BCUT2D eigenvalue weighted by atomic mass is 79.9. The first kappa shape index (κ1) is 15.7. The molecule has 0 unspecified atom stereocenters. The Balaban J connectivity index is 2.55. The molecule has 0 aromatic heterocycles. The lowest BCUT2D eigenvalue weighted by molar-refractivity contribution is -0.385. The first-order valence-corrected chi connectivity index (χ1v) is 7.40. The summed E-state index contributed by atoms with van der Waals surface area (Å²) in [5, 5.41) is 11.1. The molecule has 0 aliphatic heterocycles. The van der Waals surface area contributed by atoms with E-state index in [1.807, 2.05) is 0 Å². The van der Waals surface area contributed by atoms with E-state index in [1.165, 1.54) is 13.0 Å². The van der Waals surface area contributed by atoms with Crippen molar-refractivity contribution in [2.75, 3.05) is 0 Å². The summed E-state index contributed by atoms with van der Waals surface area (Å²) >= 11 is 6.51. The van der Waals surface area contributed by atoms with E-state index in [1.54, 1.807) is 30.3 Å². The van der Waals surface area contributed by atoms with Gasteiger partial charge in [-0.1, -0.05) is 22.0 Å². The van der Waals surface area contributed by atoms with E-state index < -0.39 is 4.92 Å². The van der Waals surface area contributed by atoms with Gasteiger partial charge in [-0.25, -0.2) is 0 Å². The van der Waals surface area contributed by atoms with Gasteiger partial charge in [0.15, 0.2) is 5.78 Å². The molecule has 2 aromatic carbocycles. The van der Waals surface area contributed by atoms with Gasteiger partial charge >= 0.3 is 5.69 Å². The molecule has 0 spiro atoms. The van der Waals surface area contributed by atoms with Gasteiger partial charge in [0.05, 0.1) is 15.0 Å². The summed E-state index contributed by atoms with van der Waals surface area (Å²) in [7, 11) is 0. The Hall–Kier alpha value is -1.73. The Morgan fingerprint density at radius 2 is 1.95 bits per heavy atom. The summed E-state index contributed by atoms with van der Waals surface area (Å²) < 4.78 is 6.78. The van der Waals surface area contributed by atoms with Crippen molar-refractivity contribution < 1.29 is 14.5 Å². The third kappa shape index (κ3) is 3.48. The fraction of sp³-hybridized carbons (Fsp3) is 0.0714. The van der Waals surface area contributed by atoms with Gasteiger partial charge in [0, 0.05) is 10.5 Å². The highest BCUT2D eigenvalue weighted by molar-refractivity contribution is 9.10. The number of para-hydroxylation sites is 1. The fourth-order valence-corrected chi connectivity index (χ4v) is 2.50. The van der Waals surface area contributed by atoms with Gasteiger partial charge in [-0.3, -0.25) is 14.9 Å². The van der Waals surface area contributed by atoms with Crippen molar-refractivity contribution in [2.24, 2.45) is 0 Å². The van der Waals surface area contributed by atoms with E-state index in [2.05, 4.69) is 31.9 Å². The van der Waals surface area contributed by atoms with Crippen LogP contribution in [0, 0.1) is 10.1 Å². The lowest BCUT2D eigenvalue weighted by Gasteiger charge is -2.11. The Morgan fingerprint density at radius 3 is 2.57 bits per heavy atom. The van der Waals surface area contributed by atoms with E-state index in [0.29, 0.717) is 14.5 Å². The molecule has 0 atom stereocenters. The van der Waals surface area contributed by atoms with Crippen molar-refractivity contribution in [3.8, 4) is 11.5 Å². The van der Waals surface area contributed by atoms with Gasteiger partial charge in [0.25, 0.3) is 0 Å². The van der Waals surface area contributed by atoms with E-state index >= 15 is 0 Å². The zero-order valence-electron chi connectivity index (χ0n) is 10.8. The van der Waals surface area contributed by atoms with Crippen LogP contribution in [0.3, 0.4) is 0 Å². The number of rotatable bonds is 4. The van der Waals surface area contributed by atoms with Gasteiger partial charge in [-0.15, -0.1) is 0 Å². The number of benzene rings is 2. The van der Waals surface area contributed by atoms with Crippen LogP contribution >= 0.6 is 31.9 Å². The predicted octanol–water partition coefficient (Wildman–Crippen LogP) is 5.11. The van der Waals surface area contributed by atoms with E-state index in [9.17, 15) is 14.9 Å². The monoisotopic (exact) mass is 413 g/mol. The van der Waals surface area contributed by atoms with Crippen LogP contribution in [0.5, 0.6) is 11.5 Å². The molecule has 0 amide bonds. The normalized spacial score (nSPS) is 10.2. The molecule has 0 fully saturated rings. The lowest BCUT2D eigenvalue weighted by atomic mass is 10.1. The molecule has 108 valence electrons. The maximum Gasteiger partial charge on any atom is 0.312 e. The number of nitrogens with zero attached hydrogens (tertiary/aromatic N) is 1. The van der Waals surface area contributed by atoms with Crippen LogP contribution in [0.1, 0.15) is 17.3 Å². The molecule has 0 bridgehead atoms. The van der Waals surface area contributed by atoms with Crippen molar-refractivity contribution in [3.05, 3.63) is 61.0 Å². The summed E-state index contributed by atoms with van der Waals surface area (Å²) in [6.07, 6.45) is 0. The second-order valence-electron chi connectivity index (χ2n) is 4.14. The van der Waals surface area contributed by atoms with Gasteiger partial charge in [-0.2, -0.15) is 0 Å². The number of nitro benzene ring substituents is 1. The molecular formula is C14H9Br2NO4. The smallest absolute Gasteiger partial charge is 0.312 e. The van der Waals surface area contributed by atoms with Crippen molar-refractivity contribution in [1.82, 2.24) is 0 Å². The molecule has 0 aliphatic rings. The first-order valence-electron chi connectivity index (χ1n) is 5.81. The largest absolute Gasteiger partial charge is 0.448 e. The number of Topliss-reactive ketones (excluding diaryl/α,β-unsaturated/α-hetero) is 1. The second-order valence-corrected chi connectivity index (χ2v) is 5.91. The fourth-order valence-electron chi connectivity index (χ4n) is 1.72. The molecule has 7 heteroatoms. The number of ketones is 1. The third-order valence-electron chi connectivity index (χ3n) is 2.68. The number of hydrogen-bond donors (Lipinski definition) is 0. The van der Waals surface area contributed by atoms with Crippen molar-refractivity contribution in [2.45, 2.75) is 6.92 Å². The average Bonchev–Trinajstić information content (AvgIpc) is 2.40. The number of carbonyl (C=O) groups is 1. The molecular weight excluding hydrogens is 406 g/mol. The minimum Gasteiger partial charge on any atom is -0.448 e. The summed E-state index contributed by atoms with van der Waals surface area (Å²) in [5.74, 6) is 0.127. The van der Waals surface area contributed by atoms with Gasteiger partial charge in [0.1, 0.15) is 5.75 Å². The molecule has 0 N–H and O–H groups in total. The second kappa shape index (κ2) is 6.36. The van der Waals surface area contributed by atoms with E-state index in [-0.39, 0.29) is 23.0 Å². The minimum absolute atomic E-state index is 0.0584. The van der Waals surface area contributed by atoms with Crippen LogP contribution in [-0.4, -0.2) is 10.7 Å². The van der Waals surface area contributed by atoms with Crippen LogP contribution in [0.15, 0.2) is 45.3 Å². The third-order valence-corrected chi connectivity index (χ3v) is 3.80. The molecule has 0 saturated carbocycles. The quantitative estimate of drug-likeness (QED) is 0.395. The number of nitro groups is 1. The van der Waals surface area contributed by atoms with Gasteiger partial charge < -0.3 is 4.74 Å². The van der Waals surface area contributed by atoms with E-state index in [4.69, 9.17) is 4.74 Å². The molecule has 0 saturated heterocycles. The van der Waals surface area contributed by atoms with Gasteiger partial charge in [-0.05, 0) is 47.1 Å². The standard InChI is InChI=1S/C14H9Br2NO4/c1-8(18)10-6-5-9(15)7-13(10)21-14-11(16)3-2-4-12(14)17(19)20/h2-7H,1H3. The first-order chi connectivity index (χ1) is 9.90. The number of carbonyl (C=O) groups excluding carboxylic acids is 1. The molecule has 5 nitrogen and oxygen atoms in total.